The van der Waals surface area contributed by atoms with Crippen molar-refractivity contribution in [2.24, 2.45) is 5.92 Å². The van der Waals surface area contributed by atoms with Crippen molar-refractivity contribution in [1.29, 1.82) is 0 Å². The molecule has 0 amide bonds. The van der Waals surface area contributed by atoms with Gasteiger partial charge >= 0.3 is 5.97 Å². The molecule has 90 valence electrons. The van der Waals surface area contributed by atoms with Crippen LogP contribution in [-0.4, -0.2) is 34.4 Å². The Kier molecular flexibility index (Phi) is 5.83. The molecule has 0 rings (SSSR count). The normalized spacial score (nSPS) is 17.5. The molecule has 0 saturated heterocycles. The van der Waals surface area contributed by atoms with Gasteiger partial charge in [-0.3, -0.25) is 0 Å². The van der Waals surface area contributed by atoms with E-state index in [-0.39, 0.29) is 12.6 Å². The number of hydrogen-bond acceptors (Lipinski definition) is 3. The van der Waals surface area contributed by atoms with Crippen LogP contribution in [0.1, 0.15) is 40.5 Å². The molecule has 3 N–H and O–H groups in total. The lowest BCUT2D eigenvalue weighted by atomic mass is 10.0. The Bertz CT molecular complexity index is 202. The fraction of sp³-hybridized carbons (Fsp3) is 0.909. The molecule has 0 aliphatic carbocycles. The molecule has 0 spiro atoms. The fourth-order valence-corrected chi connectivity index (χ4v) is 1.13. The van der Waals surface area contributed by atoms with Crippen LogP contribution < -0.4 is 5.32 Å². The summed E-state index contributed by atoms with van der Waals surface area (Å²) in [6, 6.07) is 0.234. The second-order valence-corrected chi connectivity index (χ2v) is 4.83. The van der Waals surface area contributed by atoms with Crippen LogP contribution in [0.2, 0.25) is 0 Å². The van der Waals surface area contributed by atoms with Crippen LogP contribution >= 0.6 is 0 Å². The monoisotopic (exact) mass is 217 g/mol. The first-order valence-electron chi connectivity index (χ1n) is 5.45. The van der Waals surface area contributed by atoms with E-state index in [1.54, 1.807) is 0 Å². The number of aliphatic hydroxyl groups is 1. The number of aliphatic carboxylic acids is 1. The van der Waals surface area contributed by atoms with Gasteiger partial charge in [-0.15, -0.1) is 0 Å². The molecule has 2 atom stereocenters. The summed E-state index contributed by atoms with van der Waals surface area (Å²) in [6.07, 6.45) is 2.09. The first kappa shape index (κ1) is 14.4. The first-order chi connectivity index (χ1) is 6.75. The Hall–Kier alpha value is -0.610. The summed E-state index contributed by atoms with van der Waals surface area (Å²) in [7, 11) is 0. The molecular formula is C11H23NO3. The number of carboxylic acids is 1. The molecule has 0 radical (unpaired) electrons. The number of nitrogens with one attached hydrogen (secondary N) is 1. The number of hydrogen-bond donors (Lipinski definition) is 3. The smallest absolute Gasteiger partial charge is 0.336 e. The fourth-order valence-electron chi connectivity index (χ4n) is 1.13. The highest BCUT2D eigenvalue weighted by atomic mass is 16.4. The Balaban J connectivity index is 3.80. The maximum Gasteiger partial charge on any atom is 0.336 e. The van der Waals surface area contributed by atoms with Gasteiger partial charge in [0.1, 0.15) is 0 Å². The van der Waals surface area contributed by atoms with Gasteiger partial charge < -0.3 is 15.5 Å². The van der Waals surface area contributed by atoms with Crippen LogP contribution in [0.5, 0.6) is 0 Å². The van der Waals surface area contributed by atoms with Crippen molar-refractivity contribution in [2.75, 3.05) is 6.54 Å². The topological polar surface area (TPSA) is 69.6 Å². The molecule has 4 heteroatoms. The second-order valence-electron chi connectivity index (χ2n) is 4.83. The lowest BCUT2D eigenvalue weighted by Crippen LogP contribution is -2.47. The molecule has 0 bridgehead atoms. The molecule has 0 aromatic rings. The van der Waals surface area contributed by atoms with Gasteiger partial charge in [0.15, 0.2) is 5.60 Å². The highest BCUT2D eigenvalue weighted by Crippen LogP contribution is 2.08. The van der Waals surface area contributed by atoms with Crippen LogP contribution in [0.25, 0.3) is 0 Å². The summed E-state index contributed by atoms with van der Waals surface area (Å²) in [5.41, 5.74) is -1.67. The van der Waals surface area contributed by atoms with Crippen molar-refractivity contribution >= 4 is 5.97 Å². The van der Waals surface area contributed by atoms with Gasteiger partial charge in [0.05, 0.1) is 0 Å². The van der Waals surface area contributed by atoms with E-state index in [2.05, 4.69) is 19.2 Å². The van der Waals surface area contributed by atoms with Gasteiger partial charge in [-0.2, -0.15) is 0 Å². The second kappa shape index (κ2) is 6.08. The van der Waals surface area contributed by atoms with Gasteiger partial charge in [-0.25, -0.2) is 4.79 Å². The third-order valence-corrected chi connectivity index (χ3v) is 2.43. The van der Waals surface area contributed by atoms with Crippen molar-refractivity contribution in [2.45, 2.75) is 52.2 Å². The number of carboxylic acid groups (broad SMARTS) is 1. The lowest BCUT2D eigenvalue weighted by Gasteiger charge is -2.22. The van der Waals surface area contributed by atoms with Crippen LogP contribution in [0.4, 0.5) is 0 Å². The third-order valence-electron chi connectivity index (χ3n) is 2.43. The van der Waals surface area contributed by atoms with Crippen LogP contribution in [0, 0.1) is 5.92 Å². The average Bonchev–Trinajstić information content (AvgIpc) is 2.11. The molecule has 0 aromatic carbocycles. The van der Waals surface area contributed by atoms with Crippen molar-refractivity contribution < 1.29 is 15.0 Å². The zero-order valence-electron chi connectivity index (χ0n) is 10.1. The van der Waals surface area contributed by atoms with Gasteiger partial charge in [0.2, 0.25) is 0 Å². The van der Waals surface area contributed by atoms with E-state index < -0.39 is 11.6 Å². The predicted molar refractivity (Wildman–Crippen MR) is 59.8 cm³/mol. The molecular weight excluding hydrogens is 194 g/mol. The molecule has 0 saturated carbocycles. The van der Waals surface area contributed by atoms with E-state index in [1.807, 2.05) is 6.92 Å². The van der Waals surface area contributed by atoms with Gasteiger partial charge in [0.25, 0.3) is 0 Å². The SMILES string of the molecule is CC(C)CCC(C)NCC(C)(O)C(=O)O. The molecule has 0 aromatic heterocycles. The summed E-state index contributed by atoms with van der Waals surface area (Å²) in [6.45, 7) is 7.69. The Morgan fingerprint density at radius 1 is 1.33 bits per heavy atom. The van der Waals surface area contributed by atoms with Crippen molar-refractivity contribution in [3.8, 4) is 0 Å². The Morgan fingerprint density at radius 3 is 2.27 bits per heavy atom. The number of rotatable bonds is 7. The first-order valence-corrected chi connectivity index (χ1v) is 5.45. The maximum atomic E-state index is 10.6. The molecule has 15 heavy (non-hydrogen) atoms. The summed E-state index contributed by atoms with van der Waals surface area (Å²) in [4.78, 5) is 10.6. The summed E-state index contributed by atoms with van der Waals surface area (Å²) >= 11 is 0. The number of carbonyl (C=O) groups is 1. The molecule has 0 fully saturated rings. The minimum Gasteiger partial charge on any atom is -0.479 e. The van der Waals surface area contributed by atoms with Gasteiger partial charge in [-0.05, 0) is 32.6 Å². The average molecular weight is 217 g/mol. The van der Waals surface area contributed by atoms with E-state index in [0.29, 0.717) is 5.92 Å². The van der Waals surface area contributed by atoms with Gasteiger partial charge in [0, 0.05) is 12.6 Å². The minimum atomic E-state index is -1.67. The Labute approximate surface area is 91.7 Å². The largest absolute Gasteiger partial charge is 0.479 e. The molecule has 0 heterocycles. The highest BCUT2D eigenvalue weighted by molar-refractivity contribution is 5.76. The summed E-state index contributed by atoms with van der Waals surface area (Å²) in [5, 5.41) is 21.2. The quantitative estimate of drug-likeness (QED) is 0.600. The van der Waals surface area contributed by atoms with Gasteiger partial charge in [-0.1, -0.05) is 13.8 Å². The van der Waals surface area contributed by atoms with E-state index in [9.17, 15) is 9.90 Å². The molecule has 0 aliphatic rings. The maximum absolute atomic E-state index is 10.6. The van der Waals surface area contributed by atoms with Crippen molar-refractivity contribution in [3.05, 3.63) is 0 Å². The Morgan fingerprint density at radius 2 is 1.87 bits per heavy atom. The summed E-state index contributed by atoms with van der Waals surface area (Å²) < 4.78 is 0. The molecule has 4 nitrogen and oxygen atoms in total. The zero-order chi connectivity index (χ0) is 12.1. The van der Waals surface area contributed by atoms with E-state index in [0.717, 1.165) is 12.8 Å². The highest BCUT2D eigenvalue weighted by Gasteiger charge is 2.29. The third kappa shape index (κ3) is 6.47. The molecule has 0 aliphatic heterocycles. The van der Waals surface area contributed by atoms with Crippen LogP contribution in [-0.2, 0) is 4.79 Å². The van der Waals surface area contributed by atoms with E-state index in [4.69, 9.17) is 5.11 Å². The predicted octanol–water partition coefficient (Wildman–Crippen LogP) is 1.24. The van der Waals surface area contributed by atoms with Crippen molar-refractivity contribution in [1.82, 2.24) is 5.32 Å². The standard InChI is InChI=1S/C11H23NO3/c1-8(2)5-6-9(3)12-7-11(4,15)10(13)14/h8-9,12,15H,5-7H2,1-4H3,(H,13,14). The summed E-state index contributed by atoms with van der Waals surface area (Å²) in [5.74, 6) is -0.541. The van der Waals surface area contributed by atoms with Crippen LogP contribution in [0.3, 0.4) is 0 Å². The minimum absolute atomic E-state index is 0.0849. The lowest BCUT2D eigenvalue weighted by molar-refractivity contribution is -0.156. The van der Waals surface area contributed by atoms with Crippen molar-refractivity contribution in [3.63, 3.8) is 0 Å². The van der Waals surface area contributed by atoms with E-state index in [1.165, 1.54) is 6.92 Å². The molecule has 2 unspecified atom stereocenters. The van der Waals surface area contributed by atoms with E-state index >= 15 is 0 Å². The zero-order valence-corrected chi connectivity index (χ0v) is 10.1. The van der Waals surface area contributed by atoms with Crippen LogP contribution in [0.15, 0.2) is 0 Å².